The Hall–Kier alpha value is -2.15. The molecule has 0 aromatic carbocycles. The van der Waals surface area contributed by atoms with Crippen LogP contribution in [0.5, 0.6) is 0 Å². The zero-order chi connectivity index (χ0) is 18.2. The highest BCUT2D eigenvalue weighted by atomic mass is 16.5. The van der Waals surface area contributed by atoms with Crippen LogP contribution in [0.1, 0.15) is 63.1 Å². The second kappa shape index (κ2) is 6.63. The summed E-state index contributed by atoms with van der Waals surface area (Å²) in [4.78, 5) is 12.4. The lowest BCUT2D eigenvalue weighted by Crippen LogP contribution is -2.27. The number of anilines is 1. The first kappa shape index (κ1) is 17.7. The molecule has 0 aliphatic heterocycles. The minimum Gasteiger partial charge on any atom is -0.393 e. The van der Waals surface area contributed by atoms with Gasteiger partial charge in [0.1, 0.15) is 11.6 Å². The second-order valence-electron chi connectivity index (χ2n) is 7.86. The van der Waals surface area contributed by atoms with Crippen LogP contribution in [0.25, 0.3) is 0 Å². The lowest BCUT2D eigenvalue weighted by atomic mass is 10.0. The van der Waals surface area contributed by atoms with Crippen LogP contribution in [0.3, 0.4) is 0 Å². The Morgan fingerprint density at radius 1 is 1.40 bits per heavy atom. The minimum atomic E-state index is -0.263. The van der Waals surface area contributed by atoms with Gasteiger partial charge in [0.05, 0.1) is 29.5 Å². The Morgan fingerprint density at radius 3 is 2.72 bits per heavy atom. The third-order valence-corrected chi connectivity index (χ3v) is 4.47. The van der Waals surface area contributed by atoms with Crippen LogP contribution in [0.2, 0.25) is 0 Å². The molecule has 3 rings (SSSR count). The zero-order valence-corrected chi connectivity index (χ0v) is 15.2. The molecule has 1 aliphatic rings. The van der Waals surface area contributed by atoms with Crippen LogP contribution in [-0.2, 0) is 16.8 Å². The average molecular weight is 346 g/mol. The highest BCUT2D eigenvalue weighted by molar-refractivity contribution is 5.91. The van der Waals surface area contributed by atoms with E-state index in [9.17, 15) is 9.90 Å². The molecular weight excluding hydrogens is 320 g/mol. The maximum absolute atomic E-state index is 12.4. The van der Waals surface area contributed by atoms with Gasteiger partial charge in [-0.05, 0) is 47.0 Å². The van der Waals surface area contributed by atoms with Gasteiger partial charge in [-0.25, -0.2) is 4.68 Å². The second-order valence-corrected chi connectivity index (χ2v) is 7.86. The van der Waals surface area contributed by atoms with E-state index in [0.717, 1.165) is 30.7 Å². The Labute approximate surface area is 147 Å². The summed E-state index contributed by atoms with van der Waals surface area (Å²) in [6.07, 6.45) is 2.34. The number of aryl methyl sites for hydroxylation is 1. The molecule has 2 atom stereocenters. The third-order valence-electron chi connectivity index (χ3n) is 4.47. The smallest absolute Gasteiger partial charge is 0.233 e. The average Bonchev–Trinajstić information content (AvgIpc) is 3.19. The molecule has 0 radical (unpaired) electrons. The van der Waals surface area contributed by atoms with Crippen LogP contribution in [-0.4, -0.2) is 32.1 Å². The fourth-order valence-electron chi connectivity index (χ4n) is 3.27. The fourth-order valence-corrected chi connectivity index (χ4v) is 3.27. The summed E-state index contributed by atoms with van der Waals surface area (Å²) < 4.78 is 6.95. The van der Waals surface area contributed by atoms with Gasteiger partial charge in [0.15, 0.2) is 0 Å². The molecule has 0 saturated heterocycles. The van der Waals surface area contributed by atoms with Gasteiger partial charge < -0.3 is 14.9 Å². The molecule has 1 fully saturated rings. The number of amides is 1. The van der Waals surface area contributed by atoms with Gasteiger partial charge in [-0.1, -0.05) is 5.16 Å². The van der Waals surface area contributed by atoms with E-state index < -0.39 is 0 Å². The maximum Gasteiger partial charge on any atom is 0.233 e. The summed E-state index contributed by atoms with van der Waals surface area (Å²) in [5, 5.41) is 21.2. The Balaban J connectivity index is 1.79. The largest absolute Gasteiger partial charge is 0.393 e. The van der Waals surface area contributed by atoms with Crippen molar-refractivity contribution in [2.24, 2.45) is 0 Å². The summed E-state index contributed by atoms with van der Waals surface area (Å²) in [5.74, 6) is 1.28. The molecule has 0 bridgehead atoms. The van der Waals surface area contributed by atoms with Gasteiger partial charge in [-0.2, -0.15) is 5.10 Å². The van der Waals surface area contributed by atoms with Gasteiger partial charge in [0.25, 0.3) is 0 Å². The van der Waals surface area contributed by atoms with Crippen LogP contribution in [0.4, 0.5) is 5.82 Å². The molecular formula is C18H26N4O3. The van der Waals surface area contributed by atoms with E-state index in [0.29, 0.717) is 11.6 Å². The number of aliphatic hydroxyl groups excluding tert-OH is 1. The standard InChI is InChI=1S/C18H26N4O3/c1-11-7-14(25-21-11)9-17(24)19-16-10-15(12-5-6-13(23)8-12)20-22(16)18(2,3)4/h7,10,12-13,23H,5-6,8-9H2,1-4H3,(H,19,24)/t12-,13-/m0/s1. The van der Waals surface area contributed by atoms with Gasteiger partial charge in [0, 0.05) is 18.1 Å². The Kier molecular flexibility index (Phi) is 4.69. The summed E-state index contributed by atoms with van der Waals surface area (Å²) in [5.41, 5.74) is 1.42. The molecule has 7 nitrogen and oxygen atoms in total. The molecule has 2 heterocycles. The molecule has 0 unspecified atom stereocenters. The molecule has 25 heavy (non-hydrogen) atoms. The number of aromatic nitrogens is 3. The molecule has 2 aromatic heterocycles. The molecule has 0 spiro atoms. The SMILES string of the molecule is Cc1cc(CC(=O)Nc2cc([C@H]3CC[C@H](O)C3)nn2C(C)(C)C)on1. The number of carbonyl (C=O) groups is 1. The van der Waals surface area contributed by atoms with Crippen molar-refractivity contribution in [1.29, 1.82) is 0 Å². The van der Waals surface area contributed by atoms with E-state index in [1.165, 1.54) is 0 Å². The van der Waals surface area contributed by atoms with Crippen LogP contribution >= 0.6 is 0 Å². The van der Waals surface area contributed by atoms with E-state index >= 15 is 0 Å². The zero-order valence-electron chi connectivity index (χ0n) is 15.2. The molecule has 1 amide bonds. The summed E-state index contributed by atoms with van der Waals surface area (Å²) >= 11 is 0. The summed E-state index contributed by atoms with van der Waals surface area (Å²) in [7, 11) is 0. The number of nitrogens with zero attached hydrogens (tertiary/aromatic N) is 3. The number of aliphatic hydroxyl groups is 1. The number of carbonyl (C=O) groups excluding carboxylic acids is 1. The lowest BCUT2D eigenvalue weighted by Gasteiger charge is -2.22. The number of hydrogen-bond acceptors (Lipinski definition) is 5. The highest BCUT2D eigenvalue weighted by Gasteiger charge is 2.29. The van der Waals surface area contributed by atoms with E-state index in [-0.39, 0.29) is 29.9 Å². The minimum absolute atomic E-state index is 0.133. The number of hydrogen-bond donors (Lipinski definition) is 2. The number of nitrogens with one attached hydrogen (secondary N) is 1. The molecule has 7 heteroatoms. The quantitative estimate of drug-likeness (QED) is 0.888. The van der Waals surface area contributed by atoms with Gasteiger partial charge in [-0.15, -0.1) is 0 Å². The van der Waals surface area contributed by atoms with Crippen molar-refractivity contribution in [1.82, 2.24) is 14.9 Å². The topological polar surface area (TPSA) is 93.2 Å². The molecule has 136 valence electrons. The van der Waals surface area contributed by atoms with Crippen molar-refractivity contribution < 1.29 is 14.4 Å². The van der Waals surface area contributed by atoms with Crippen LogP contribution in [0, 0.1) is 6.92 Å². The summed E-state index contributed by atoms with van der Waals surface area (Å²) in [6, 6.07) is 3.68. The lowest BCUT2D eigenvalue weighted by molar-refractivity contribution is -0.115. The monoisotopic (exact) mass is 346 g/mol. The molecule has 1 aliphatic carbocycles. The first-order valence-electron chi connectivity index (χ1n) is 8.73. The van der Waals surface area contributed by atoms with E-state index in [1.807, 2.05) is 38.4 Å². The van der Waals surface area contributed by atoms with Crippen molar-refractivity contribution in [3.8, 4) is 0 Å². The van der Waals surface area contributed by atoms with E-state index in [2.05, 4.69) is 10.5 Å². The Morgan fingerprint density at radius 2 is 2.16 bits per heavy atom. The van der Waals surface area contributed by atoms with Crippen molar-refractivity contribution >= 4 is 11.7 Å². The maximum atomic E-state index is 12.4. The normalized spacial score (nSPS) is 20.8. The van der Waals surface area contributed by atoms with E-state index in [1.54, 1.807) is 6.07 Å². The first-order valence-corrected chi connectivity index (χ1v) is 8.73. The van der Waals surface area contributed by atoms with Gasteiger partial charge in [0.2, 0.25) is 5.91 Å². The van der Waals surface area contributed by atoms with Crippen LogP contribution < -0.4 is 5.32 Å². The number of rotatable bonds is 4. The van der Waals surface area contributed by atoms with Crippen molar-refractivity contribution in [3.63, 3.8) is 0 Å². The van der Waals surface area contributed by atoms with Crippen molar-refractivity contribution in [3.05, 3.63) is 29.3 Å². The van der Waals surface area contributed by atoms with Gasteiger partial charge >= 0.3 is 0 Å². The predicted molar refractivity (Wildman–Crippen MR) is 93.4 cm³/mol. The van der Waals surface area contributed by atoms with Crippen molar-refractivity contribution in [2.45, 2.75) is 70.9 Å². The van der Waals surface area contributed by atoms with Crippen molar-refractivity contribution in [2.75, 3.05) is 5.32 Å². The molecule has 2 aromatic rings. The Bertz CT molecular complexity index is 757. The predicted octanol–water partition coefficient (Wildman–Crippen LogP) is 2.74. The van der Waals surface area contributed by atoms with Gasteiger partial charge in [-0.3, -0.25) is 4.79 Å². The van der Waals surface area contributed by atoms with E-state index in [4.69, 9.17) is 9.62 Å². The summed E-state index contributed by atoms with van der Waals surface area (Å²) in [6.45, 7) is 7.95. The molecule has 2 N–H and O–H groups in total. The van der Waals surface area contributed by atoms with Crippen LogP contribution in [0.15, 0.2) is 16.7 Å². The fraction of sp³-hybridized carbons (Fsp3) is 0.611. The first-order chi connectivity index (χ1) is 11.7. The molecule has 1 saturated carbocycles. The third kappa shape index (κ3) is 4.10. The highest BCUT2D eigenvalue weighted by Crippen LogP contribution is 2.35.